The maximum atomic E-state index is 14.1. The normalized spacial score (nSPS) is 21.7. The Labute approximate surface area is 165 Å². The fourth-order valence-corrected chi connectivity index (χ4v) is 3.97. The van der Waals surface area contributed by atoms with Crippen molar-refractivity contribution in [2.24, 2.45) is 5.73 Å². The van der Waals surface area contributed by atoms with Crippen molar-refractivity contribution >= 4 is 22.4 Å². The number of nitrogens with two attached hydrogens (primary N) is 1. The lowest BCUT2D eigenvalue weighted by atomic mass is 9.99. The van der Waals surface area contributed by atoms with Crippen LogP contribution in [0.5, 0.6) is 0 Å². The van der Waals surface area contributed by atoms with Crippen LogP contribution < -0.4 is 16.0 Å². The molecular weight excluding hydrogens is 378 g/mol. The van der Waals surface area contributed by atoms with Crippen molar-refractivity contribution in [3.8, 4) is 0 Å². The molecule has 0 aliphatic carbocycles. The number of benzene rings is 1. The number of halogens is 2. The van der Waals surface area contributed by atoms with Gasteiger partial charge < -0.3 is 20.7 Å². The van der Waals surface area contributed by atoms with E-state index in [0.29, 0.717) is 5.82 Å². The molecule has 9 heteroatoms. The lowest BCUT2D eigenvalue weighted by molar-refractivity contribution is -0.133. The van der Waals surface area contributed by atoms with Crippen molar-refractivity contribution in [3.63, 3.8) is 0 Å². The predicted molar refractivity (Wildman–Crippen MR) is 104 cm³/mol. The Morgan fingerprint density at radius 3 is 2.72 bits per heavy atom. The molecule has 2 bridgehead atoms. The molecule has 1 aromatic carbocycles. The van der Waals surface area contributed by atoms with Gasteiger partial charge in [0.1, 0.15) is 12.0 Å². The van der Waals surface area contributed by atoms with Crippen molar-refractivity contribution in [1.82, 2.24) is 15.2 Å². The number of hydrogen-bond acceptors (Lipinski definition) is 7. The van der Waals surface area contributed by atoms with Gasteiger partial charge in [-0.1, -0.05) is 12.1 Å². The summed E-state index contributed by atoms with van der Waals surface area (Å²) in [6, 6.07) is 5.84. The number of anilines is 2. The Balaban J connectivity index is 1.50. The summed E-state index contributed by atoms with van der Waals surface area (Å²) in [4.78, 5) is 6.77. The first-order chi connectivity index (χ1) is 14.0. The summed E-state index contributed by atoms with van der Waals surface area (Å²) in [5.74, 6) is -0.718. The Bertz CT molecular complexity index is 1080. The second-order valence-electron chi connectivity index (χ2n) is 7.51. The van der Waals surface area contributed by atoms with Gasteiger partial charge in [0.2, 0.25) is 0 Å². The number of piperidine rings is 1. The minimum absolute atomic E-state index is 0.0167. The Hall–Kier alpha value is -2.91. The summed E-state index contributed by atoms with van der Waals surface area (Å²) >= 11 is 0. The molecule has 29 heavy (non-hydrogen) atoms. The van der Waals surface area contributed by atoms with Crippen LogP contribution in [0, 0.1) is 18.6 Å². The molecule has 2 unspecified atom stereocenters. The first kappa shape index (κ1) is 18.1. The molecule has 5 heterocycles. The monoisotopic (exact) mass is 398 g/mol. The standard InChI is InChI=1S/C20H20F2N6O/c1-10-15-7-24-17(28-8-11-5-12(9-28)29-11)6-14(15)20(27-26-10)25-19(23)13-3-2-4-16(21)18(13)22/h2-4,6-7,11-12,19H,5,8-9,23H2,1H3,(H,25,27)/t11?,12?,19-/m0/s1. The Kier molecular flexibility index (Phi) is 4.29. The third-order valence-corrected chi connectivity index (χ3v) is 5.53. The Morgan fingerprint density at radius 2 is 1.97 bits per heavy atom. The van der Waals surface area contributed by atoms with E-state index in [2.05, 4.69) is 25.4 Å². The minimum Gasteiger partial charge on any atom is -0.371 e. The summed E-state index contributed by atoms with van der Waals surface area (Å²) in [5.41, 5.74) is 6.84. The van der Waals surface area contributed by atoms with Gasteiger partial charge in [-0.25, -0.2) is 13.8 Å². The maximum absolute atomic E-state index is 14.1. The molecule has 2 aromatic heterocycles. The van der Waals surface area contributed by atoms with Crippen LogP contribution in [0.15, 0.2) is 30.5 Å². The van der Waals surface area contributed by atoms with E-state index in [1.807, 2.05) is 13.0 Å². The summed E-state index contributed by atoms with van der Waals surface area (Å²) in [6.07, 6.45) is 2.37. The van der Waals surface area contributed by atoms with Crippen LogP contribution in [0.1, 0.15) is 23.8 Å². The van der Waals surface area contributed by atoms with E-state index in [-0.39, 0.29) is 17.8 Å². The van der Waals surface area contributed by atoms with Crippen molar-refractivity contribution in [3.05, 3.63) is 53.4 Å². The number of hydrogen-bond donors (Lipinski definition) is 2. The van der Waals surface area contributed by atoms with Gasteiger partial charge >= 0.3 is 0 Å². The molecule has 3 aromatic rings. The first-order valence-corrected chi connectivity index (χ1v) is 9.49. The smallest absolute Gasteiger partial charge is 0.165 e. The Morgan fingerprint density at radius 1 is 1.21 bits per heavy atom. The van der Waals surface area contributed by atoms with Crippen molar-refractivity contribution < 1.29 is 13.5 Å². The third-order valence-electron chi connectivity index (χ3n) is 5.53. The number of aromatic nitrogens is 3. The lowest BCUT2D eigenvalue weighted by Gasteiger charge is -2.47. The van der Waals surface area contributed by atoms with Gasteiger partial charge in [0.15, 0.2) is 17.5 Å². The van der Waals surface area contributed by atoms with Gasteiger partial charge in [0.25, 0.3) is 0 Å². The van der Waals surface area contributed by atoms with Crippen molar-refractivity contribution in [2.45, 2.75) is 31.7 Å². The van der Waals surface area contributed by atoms with Crippen LogP contribution in [0.2, 0.25) is 0 Å². The van der Waals surface area contributed by atoms with Crippen molar-refractivity contribution in [2.75, 3.05) is 23.3 Å². The fraction of sp³-hybridized carbons (Fsp3) is 0.350. The van der Waals surface area contributed by atoms with Crippen molar-refractivity contribution in [1.29, 1.82) is 0 Å². The van der Waals surface area contributed by atoms with E-state index in [1.165, 1.54) is 12.1 Å². The van der Waals surface area contributed by atoms with Crippen LogP contribution in [-0.4, -0.2) is 40.5 Å². The molecule has 0 spiro atoms. The first-order valence-electron chi connectivity index (χ1n) is 9.49. The number of morpholine rings is 1. The molecule has 3 saturated heterocycles. The topological polar surface area (TPSA) is 89.2 Å². The summed E-state index contributed by atoms with van der Waals surface area (Å²) in [5, 5.41) is 12.9. The molecule has 150 valence electrons. The molecule has 3 N–H and O–H groups in total. The van der Waals surface area contributed by atoms with E-state index in [9.17, 15) is 8.78 Å². The molecule has 6 rings (SSSR count). The van der Waals surface area contributed by atoms with E-state index >= 15 is 0 Å². The molecule has 0 radical (unpaired) electrons. The number of fused-ring (bicyclic) bond motifs is 3. The second-order valence-corrected chi connectivity index (χ2v) is 7.51. The number of nitrogens with one attached hydrogen (secondary N) is 1. The van der Waals surface area contributed by atoms with Crippen LogP contribution in [0.4, 0.5) is 20.4 Å². The molecular formula is C20H20F2N6O. The number of pyridine rings is 1. The highest BCUT2D eigenvalue weighted by Gasteiger charge is 2.38. The third kappa shape index (κ3) is 3.16. The van der Waals surface area contributed by atoms with Gasteiger partial charge in [-0.3, -0.25) is 0 Å². The zero-order chi connectivity index (χ0) is 20.1. The second kappa shape index (κ2) is 6.85. The molecule has 7 nitrogen and oxygen atoms in total. The summed E-state index contributed by atoms with van der Waals surface area (Å²) in [7, 11) is 0. The van der Waals surface area contributed by atoms with E-state index < -0.39 is 17.8 Å². The maximum Gasteiger partial charge on any atom is 0.165 e. The molecule has 3 atom stereocenters. The highest BCUT2D eigenvalue weighted by atomic mass is 19.2. The highest BCUT2D eigenvalue weighted by Crippen LogP contribution is 2.33. The van der Waals surface area contributed by atoms with Gasteiger partial charge in [-0.05, 0) is 19.1 Å². The number of rotatable bonds is 4. The van der Waals surface area contributed by atoms with E-state index in [4.69, 9.17) is 10.5 Å². The van der Waals surface area contributed by atoms with Crippen LogP contribution in [-0.2, 0) is 4.74 Å². The lowest BCUT2D eigenvalue weighted by Crippen LogP contribution is -2.57. The van der Waals surface area contributed by atoms with Gasteiger partial charge in [-0.2, -0.15) is 5.10 Å². The summed E-state index contributed by atoms with van der Waals surface area (Å²) < 4.78 is 33.4. The van der Waals surface area contributed by atoms with Crippen LogP contribution in [0.3, 0.4) is 0 Å². The molecule has 3 aliphatic rings. The van der Waals surface area contributed by atoms with Gasteiger partial charge in [0.05, 0.1) is 17.9 Å². The van der Waals surface area contributed by atoms with Gasteiger partial charge in [-0.15, -0.1) is 5.10 Å². The van der Waals surface area contributed by atoms with Crippen LogP contribution >= 0.6 is 0 Å². The average molecular weight is 398 g/mol. The van der Waals surface area contributed by atoms with Gasteiger partial charge in [0, 0.05) is 42.0 Å². The van der Waals surface area contributed by atoms with E-state index in [0.717, 1.165) is 47.9 Å². The molecule has 0 saturated carbocycles. The fourth-order valence-electron chi connectivity index (χ4n) is 3.97. The minimum atomic E-state index is -0.987. The largest absolute Gasteiger partial charge is 0.371 e. The number of ether oxygens (including phenoxy) is 1. The zero-order valence-corrected chi connectivity index (χ0v) is 15.8. The molecule has 3 aliphatic heterocycles. The molecule has 0 amide bonds. The SMILES string of the molecule is Cc1nnc(N[C@H](N)c2cccc(F)c2F)c2cc(N3CC4CC(C3)O4)ncc12. The quantitative estimate of drug-likeness (QED) is 0.653. The zero-order valence-electron chi connectivity index (χ0n) is 15.8. The number of aryl methyl sites for hydroxylation is 1. The predicted octanol–water partition coefficient (Wildman–Crippen LogP) is 2.66. The molecule has 3 fully saturated rings. The van der Waals surface area contributed by atoms with Crippen LogP contribution in [0.25, 0.3) is 10.8 Å². The van der Waals surface area contributed by atoms with E-state index in [1.54, 1.807) is 6.20 Å². The average Bonchev–Trinajstić information content (AvgIpc) is 2.71. The summed E-state index contributed by atoms with van der Waals surface area (Å²) in [6.45, 7) is 3.43. The highest BCUT2D eigenvalue weighted by molar-refractivity contribution is 5.94. The number of nitrogens with zero attached hydrogens (tertiary/aromatic N) is 4.